The normalized spacial score (nSPS) is 10.3. The van der Waals surface area contributed by atoms with E-state index in [2.05, 4.69) is 5.32 Å². The van der Waals surface area contributed by atoms with E-state index in [1.54, 1.807) is 55.5 Å². The van der Waals surface area contributed by atoms with E-state index in [-0.39, 0.29) is 23.7 Å². The largest absolute Gasteiger partial charge is 0.493 e. The molecule has 0 spiro atoms. The van der Waals surface area contributed by atoms with Crippen LogP contribution in [0.2, 0.25) is 5.02 Å². The number of anilines is 1. The maximum atomic E-state index is 13.0. The van der Waals surface area contributed by atoms with Crippen LogP contribution < -0.4 is 19.5 Å². The van der Waals surface area contributed by atoms with Crippen molar-refractivity contribution in [2.75, 3.05) is 19.0 Å². The minimum absolute atomic E-state index is 0.177. The summed E-state index contributed by atoms with van der Waals surface area (Å²) in [6.45, 7) is 2.02. The summed E-state index contributed by atoms with van der Waals surface area (Å²) in [5, 5.41) is 14.6. The standard InChI is InChI=1S/C22H19ClN2O6/c1-3-30-21-13-17(25(27)28)14(12-20(21)29-2)22(26)24-16-9-5-7-11-19(16)31-18-10-6-4-8-15(18)23/h4-13H,3H2,1-2H3,(H,24,26). The molecule has 0 bridgehead atoms. The molecule has 0 atom stereocenters. The highest BCUT2D eigenvalue weighted by molar-refractivity contribution is 6.32. The van der Waals surface area contributed by atoms with Crippen molar-refractivity contribution in [3.8, 4) is 23.0 Å². The summed E-state index contributed by atoms with van der Waals surface area (Å²) in [7, 11) is 1.39. The summed E-state index contributed by atoms with van der Waals surface area (Å²) in [6, 6.07) is 16.0. The summed E-state index contributed by atoms with van der Waals surface area (Å²) in [5.41, 5.74) is -0.279. The van der Waals surface area contributed by atoms with E-state index < -0.39 is 16.5 Å². The first kappa shape index (κ1) is 21.9. The number of hydrogen-bond donors (Lipinski definition) is 1. The second-order valence-electron chi connectivity index (χ2n) is 6.19. The van der Waals surface area contributed by atoms with E-state index in [0.717, 1.165) is 0 Å². The number of carbonyl (C=O) groups excluding carboxylic acids is 1. The molecule has 1 amide bonds. The minimum atomic E-state index is -0.705. The molecule has 3 aromatic carbocycles. The number of ether oxygens (including phenoxy) is 3. The lowest BCUT2D eigenvalue weighted by atomic mass is 10.1. The average Bonchev–Trinajstić information content (AvgIpc) is 2.76. The molecule has 0 aliphatic carbocycles. The lowest BCUT2D eigenvalue weighted by Crippen LogP contribution is -2.15. The molecule has 0 saturated heterocycles. The second-order valence-corrected chi connectivity index (χ2v) is 6.60. The Morgan fingerprint density at radius 3 is 2.35 bits per heavy atom. The van der Waals surface area contributed by atoms with E-state index in [9.17, 15) is 14.9 Å². The van der Waals surface area contributed by atoms with E-state index in [1.165, 1.54) is 19.2 Å². The molecule has 1 N–H and O–H groups in total. The molecular formula is C22H19ClN2O6. The van der Waals surface area contributed by atoms with Crippen molar-refractivity contribution in [1.29, 1.82) is 0 Å². The lowest BCUT2D eigenvalue weighted by molar-refractivity contribution is -0.385. The third kappa shape index (κ3) is 5.04. The number of amides is 1. The van der Waals surface area contributed by atoms with Crippen molar-refractivity contribution in [2.24, 2.45) is 0 Å². The molecule has 0 saturated carbocycles. The maximum Gasteiger partial charge on any atom is 0.286 e. The quantitative estimate of drug-likeness (QED) is 0.354. The zero-order valence-electron chi connectivity index (χ0n) is 16.8. The third-order valence-corrected chi connectivity index (χ3v) is 4.53. The van der Waals surface area contributed by atoms with Crippen molar-refractivity contribution >= 4 is 28.9 Å². The molecule has 3 aromatic rings. The van der Waals surface area contributed by atoms with Gasteiger partial charge in [-0.1, -0.05) is 35.9 Å². The van der Waals surface area contributed by atoms with Crippen molar-refractivity contribution in [3.63, 3.8) is 0 Å². The number of halogens is 1. The van der Waals surface area contributed by atoms with Gasteiger partial charge in [0.2, 0.25) is 0 Å². The molecule has 0 aromatic heterocycles. The first-order chi connectivity index (χ1) is 14.9. The van der Waals surface area contributed by atoms with Gasteiger partial charge in [0.05, 0.1) is 35.4 Å². The molecule has 0 fully saturated rings. The molecule has 3 rings (SSSR count). The number of nitro groups is 1. The predicted molar refractivity (Wildman–Crippen MR) is 117 cm³/mol. The first-order valence-electron chi connectivity index (χ1n) is 9.26. The minimum Gasteiger partial charge on any atom is -0.493 e. The molecule has 9 heteroatoms. The van der Waals surface area contributed by atoms with Gasteiger partial charge in [0.15, 0.2) is 17.2 Å². The van der Waals surface area contributed by atoms with Crippen LogP contribution in [0.4, 0.5) is 11.4 Å². The summed E-state index contributed by atoms with van der Waals surface area (Å²) >= 11 is 6.14. The smallest absolute Gasteiger partial charge is 0.286 e. The lowest BCUT2D eigenvalue weighted by Gasteiger charge is -2.14. The molecule has 0 radical (unpaired) electrons. The van der Waals surface area contributed by atoms with Crippen LogP contribution in [0.25, 0.3) is 0 Å². The Morgan fingerprint density at radius 2 is 1.71 bits per heavy atom. The molecule has 8 nitrogen and oxygen atoms in total. The van der Waals surface area contributed by atoms with Gasteiger partial charge in [-0.25, -0.2) is 0 Å². The summed E-state index contributed by atoms with van der Waals surface area (Å²) in [6.07, 6.45) is 0. The number of hydrogen-bond acceptors (Lipinski definition) is 6. The highest BCUT2D eigenvalue weighted by atomic mass is 35.5. The number of nitrogens with one attached hydrogen (secondary N) is 1. The van der Waals surface area contributed by atoms with Crippen LogP contribution in [-0.4, -0.2) is 24.5 Å². The number of methoxy groups -OCH3 is 1. The van der Waals surface area contributed by atoms with E-state index in [4.69, 9.17) is 25.8 Å². The van der Waals surface area contributed by atoms with Crippen LogP contribution in [0.5, 0.6) is 23.0 Å². The Kier molecular flexibility index (Phi) is 6.94. The summed E-state index contributed by atoms with van der Waals surface area (Å²) < 4.78 is 16.4. The van der Waals surface area contributed by atoms with Crippen LogP contribution in [0.3, 0.4) is 0 Å². The fourth-order valence-corrected chi connectivity index (χ4v) is 2.98. The Morgan fingerprint density at radius 1 is 1.03 bits per heavy atom. The third-order valence-electron chi connectivity index (χ3n) is 4.21. The summed E-state index contributed by atoms with van der Waals surface area (Å²) in [4.78, 5) is 23.9. The fourth-order valence-electron chi connectivity index (χ4n) is 2.80. The van der Waals surface area contributed by atoms with Crippen LogP contribution in [0, 0.1) is 10.1 Å². The Balaban J connectivity index is 1.95. The van der Waals surface area contributed by atoms with Gasteiger partial charge in [-0.05, 0) is 31.2 Å². The molecule has 0 unspecified atom stereocenters. The Labute approximate surface area is 183 Å². The zero-order chi connectivity index (χ0) is 22.4. The number of para-hydroxylation sites is 3. The van der Waals surface area contributed by atoms with Gasteiger partial charge in [-0.2, -0.15) is 0 Å². The molecule has 0 aliphatic rings. The van der Waals surface area contributed by atoms with E-state index >= 15 is 0 Å². The van der Waals surface area contributed by atoms with Gasteiger partial charge < -0.3 is 19.5 Å². The first-order valence-corrected chi connectivity index (χ1v) is 9.64. The summed E-state index contributed by atoms with van der Waals surface area (Å²) in [5.74, 6) is 0.404. The average molecular weight is 443 g/mol. The van der Waals surface area contributed by atoms with Crippen molar-refractivity contribution < 1.29 is 23.9 Å². The Hall–Kier alpha value is -3.78. The van der Waals surface area contributed by atoms with Gasteiger partial charge in [-0.15, -0.1) is 0 Å². The SMILES string of the molecule is CCOc1cc([N+](=O)[O-])c(C(=O)Nc2ccccc2Oc2ccccc2Cl)cc1OC. The molecule has 0 aliphatic heterocycles. The molecular weight excluding hydrogens is 424 g/mol. The fraction of sp³-hybridized carbons (Fsp3) is 0.136. The van der Waals surface area contributed by atoms with Crippen molar-refractivity contribution in [2.45, 2.75) is 6.92 Å². The van der Waals surface area contributed by atoms with Gasteiger partial charge in [0, 0.05) is 6.07 Å². The predicted octanol–water partition coefficient (Wildman–Crippen LogP) is 5.70. The van der Waals surface area contributed by atoms with Gasteiger partial charge >= 0.3 is 0 Å². The van der Waals surface area contributed by atoms with Crippen LogP contribution in [-0.2, 0) is 0 Å². The highest BCUT2D eigenvalue weighted by Crippen LogP contribution is 2.37. The van der Waals surface area contributed by atoms with Crippen LogP contribution in [0.1, 0.15) is 17.3 Å². The van der Waals surface area contributed by atoms with Crippen molar-refractivity contribution in [1.82, 2.24) is 0 Å². The number of nitro benzene ring substituents is 1. The molecule has 160 valence electrons. The van der Waals surface area contributed by atoms with Crippen molar-refractivity contribution in [3.05, 3.63) is 81.4 Å². The van der Waals surface area contributed by atoms with Gasteiger partial charge in [-0.3, -0.25) is 14.9 Å². The van der Waals surface area contributed by atoms with Gasteiger partial charge in [0.1, 0.15) is 11.3 Å². The topological polar surface area (TPSA) is 99.9 Å². The molecule has 0 heterocycles. The zero-order valence-corrected chi connectivity index (χ0v) is 17.5. The molecule has 31 heavy (non-hydrogen) atoms. The monoisotopic (exact) mass is 442 g/mol. The Bertz CT molecular complexity index is 1120. The highest BCUT2D eigenvalue weighted by Gasteiger charge is 2.25. The number of nitrogens with zero attached hydrogens (tertiary/aromatic N) is 1. The number of benzene rings is 3. The van der Waals surface area contributed by atoms with Gasteiger partial charge in [0.25, 0.3) is 11.6 Å². The number of rotatable bonds is 8. The number of carbonyl (C=O) groups is 1. The second kappa shape index (κ2) is 9.82. The van der Waals surface area contributed by atoms with E-state index in [0.29, 0.717) is 22.2 Å². The maximum absolute atomic E-state index is 13.0. The van der Waals surface area contributed by atoms with Crippen LogP contribution >= 0.6 is 11.6 Å². The van der Waals surface area contributed by atoms with Crippen LogP contribution in [0.15, 0.2) is 60.7 Å². The van der Waals surface area contributed by atoms with E-state index in [1.807, 2.05) is 0 Å².